The van der Waals surface area contributed by atoms with Crippen molar-refractivity contribution >= 4 is 10.0 Å². The van der Waals surface area contributed by atoms with Gasteiger partial charge in [-0.25, -0.2) is 17.5 Å². The smallest absolute Gasteiger partial charge is 0.387 e. The molecule has 0 radical (unpaired) electrons. The van der Waals surface area contributed by atoms with Crippen molar-refractivity contribution in [2.24, 2.45) is 5.92 Å². The molecule has 1 aromatic rings. The summed E-state index contributed by atoms with van der Waals surface area (Å²) in [5.74, 6) is -1.66. The maximum atomic E-state index is 13.5. The Bertz CT molecular complexity index is 589. The van der Waals surface area contributed by atoms with Gasteiger partial charge in [-0.1, -0.05) is 0 Å². The van der Waals surface area contributed by atoms with Gasteiger partial charge in [0.05, 0.1) is 4.90 Å². The van der Waals surface area contributed by atoms with Crippen LogP contribution < -0.4 is 14.8 Å². The zero-order chi connectivity index (χ0) is 15.5. The largest absolute Gasteiger partial charge is 0.432 e. The predicted octanol–water partition coefficient (Wildman–Crippen LogP) is 1.31. The number of rotatable bonds is 6. The molecule has 1 fully saturated rings. The molecular weight excluding hydrogens is 309 g/mol. The topological polar surface area (TPSA) is 67.4 Å². The third-order valence-electron chi connectivity index (χ3n) is 3.15. The number of sulfonamides is 1. The lowest BCUT2D eigenvalue weighted by molar-refractivity contribution is -0.0522. The van der Waals surface area contributed by atoms with Gasteiger partial charge in [-0.15, -0.1) is 0 Å². The minimum Gasteiger partial charge on any atom is -0.432 e. The van der Waals surface area contributed by atoms with Crippen LogP contribution in [0.2, 0.25) is 0 Å². The van der Waals surface area contributed by atoms with Crippen LogP contribution in [-0.2, 0) is 10.0 Å². The SMILES string of the molecule is O=S(=O)(NCC1CCNC1)c1ccc(OC(F)F)c(F)c1. The van der Waals surface area contributed by atoms with Crippen LogP contribution in [0.25, 0.3) is 0 Å². The maximum absolute atomic E-state index is 13.5. The van der Waals surface area contributed by atoms with Crippen LogP contribution in [0.3, 0.4) is 0 Å². The Balaban J connectivity index is 2.06. The molecule has 118 valence electrons. The lowest BCUT2D eigenvalue weighted by Gasteiger charge is -2.12. The van der Waals surface area contributed by atoms with E-state index < -0.39 is 28.2 Å². The minimum atomic E-state index is -3.88. The number of hydrogen-bond acceptors (Lipinski definition) is 4. The third-order valence-corrected chi connectivity index (χ3v) is 4.58. The van der Waals surface area contributed by atoms with Crippen LogP contribution in [0.15, 0.2) is 23.1 Å². The first-order valence-corrected chi connectivity index (χ1v) is 7.81. The van der Waals surface area contributed by atoms with Crippen molar-refractivity contribution < 1.29 is 26.3 Å². The Kier molecular flexibility index (Phi) is 5.07. The number of benzene rings is 1. The summed E-state index contributed by atoms with van der Waals surface area (Å²) in [5, 5.41) is 3.10. The summed E-state index contributed by atoms with van der Waals surface area (Å²) in [7, 11) is -3.88. The molecule has 0 amide bonds. The predicted molar refractivity (Wildman–Crippen MR) is 69.2 cm³/mol. The molecule has 1 aliphatic rings. The highest BCUT2D eigenvalue weighted by atomic mass is 32.2. The molecule has 1 aliphatic heterocycles. The average molecular weight is 324 g/mol. The van der Waals surface area contributed by atoms with E-state index in [0.717, 1.165) is 31.6 Å². The summed E-state index contributed by atoms with van der Waals surface area (Å²) in [6, 6.07) is 2.55. The fraction of sp³-hybridized carbons (Fsp3) is 0.500. The molecular formula is C12H15F3N2O3S. The van der Waals surface area contributed by atoms with Gasteiger partial charge in [0.2, 0.25) is 10.0 Å². The summed E-state index contributed by atoms with van der Waals surface area (Å²) in [6.07, 6.45) is 0.859. The first kappa shape index (κ1) is 16.1. The molecule has 9 heteroatoms. The van der Waals surface area contributed by atoms with Crippen LogP contribution in [0.1, 0.15) is 6.42 Å². The van der Waals surface area contributed by atoms with Crippen LogP contribution in [0.4, 0.5) is 13.2 Å². The molecule has 5 nitrogen and oxygen atoms in total. The second-order valence-electron chi connectivity index (χ2n) is 4.68. The second kappa shape index (κ2) is 6.63. The standard InChI is InChI=1S/C12H15F3N2O3S/c13-10-5-9(1-2-11(10)20-12(14)15)21(18,19)17-7-8-3-4-16-6-8/h1-2,5,8,12,16-17H,3-4,6-7H2. The van der Waals surface area contributed by atoms with Crippen molar-refractivity contribution in [2.75, 3.05) is 19.6 Å². The Morgan fingerprint density at radius 2 is 2.19 bits per heavy atom. The summed E-state index contributed by atoms with van der Waals surface area (Å²) >= 11 is 0. The van der Waals surface area contributed by atoms with Gasteiger partial charge in [0, 0.05) is 6.54 Å². The summed E-state index contributed by atoms with van der Waals surface area (Å²) in [6.45, 7) is -1.37. The number of nitrogens with one attached hydrogen (secondary N) is 2. The Morgan fingerprint density at radius 1 is 1.43 bits per heavy atom. The Labute approximate surface area is 120 Å². The molecule has 1 unspecified atom stereocenters. The summed E-state index contributed by atoms with van der Waals surface area (Å²) in [5.41, 5.74) is 0. The normalized spacial score (nSPS) is 19.1. The molecule has 0 saturated carbocycles. The molecule has 0 aliphatic carbocycles. The van der Waals surface area contributed by atoms with Gasteiger partial charge in [0.1, 0.15) is 0 Å². The molecule has 1 heterocycles. The van der Waals surface area contributed by atoms with E-state index in [4.69, 9.17) is 0 Å². The molecule has 1 saturated heterocycles. The Morgan fingerprint density at radius 3 is 2.76 bits per heavy atom. The van der Waals surface area contributed by atoms with E-state index >= 15 is 0 Å². The number of halogens is 3. The molecule has 0 spiro atoms. The first-order chi connectivity index (χ1) is 9.88. The summed E-state index contributed by atoms with van der Waals surface area (Å²) < 4.78 is 67.8. The number of ether oxygens (including phenoxy) is 1. The van der Waals surface area contributed by atoms with Crippen LogP contribution in [0.5, 0.6) is 5.75 Å². The molecule has 2 N–H and O–H groups in total. The molecule has 2 rings (SSSR count). The van der Waals surface area contributed by atoms with Crippen LogP contribution >= 0.6 is 0 Å². The van der Waals surface area contributed by atoms with E-state index in [9.17, 15) is 21.6 Å². The molecule has 21 heavy (non-hydrogen) atoms. The minimum absolute atomic E-state index is 0.186. The first-order valence-electron chi connectivity index (χ1n) is 6.33. The van der Waals surface area contributed by atoms with Crippen LogP contribution in [-0.4, -0.2) is 34.7 Å². The van der Waals surface area contributed by atoms with Gasteiger partial charge >= 0.3 is 6.61 Å². The highest BCUT2D eigenvalue weighted by Crippen LogP contribution is 2.22. The van der Waals surface area contributed by atoms with Crippen molar-refractivity contribution in [2.45, 2.75) is 17.9 Å². The van der Waals surface area contributed by atoms with E-state index in [1.165, 1.54) is 0 Å². The highest BCUT2D eigenvalue weighted by Gasteiger charge is 2.21. The van der Waals surface area contributed by atoms with Gasteiger partial charge in [0.25, 0.3) is 0 Å². The van der Waals surface area contributed by atoms with Gasteiger partial charge in [-0.2, -0.15) is 8.78 Å². The molecule has 0 aromatic heterocycles. The lowest BCUT2D eigenvalue weighted by atomic mass is 10.1. The van der Waals surface area contributed by atoms with E-state index in [0.29, 0.717) is 6.07 Å². The van der Waals surface area contributed by atoms with Crippen molar-refractivity contribution in [3.63, 3.8) is 0 Å². The van der Waals surface area contributed by atoms with Gasteiger partial charge in [0.15, 0.2) is 11.6 Å². The van der Waals surface area contributed by atoms with E-state index in [1.54, 1.807) is 0 Å². The average Bonchev–Trinajstić information content (AvgIpc) is 2.91. The molecule has 1 aromatic carbocycles. The van der Waals surface area contributed by atoms with Gasteiger partial charge in [-0.3, -0.25) is 0 Å². The van der Waals surface area contributed by atoms with Crippen LogP contribution in [0, 0.1) is 11.7 Å². The van der Waals surface area contributed by atoms with E-state index in [2.05, 4.69) is 14.8 Å². The maximum Gasteiger partial charge on any atom is 0.387 e. The fourth-order valence-electron chi connectivity index (χ4n) is 2.04. The van der Waals surface area contributed by atoms with Crippen molar-refractivity contribution in [3.05, 3.63) is 24.0 Å². The van der Waals surface area contributed by atoms with Crippen molar-refractivity contribution in [3.8, 4) is 5.75 Å². The van der Waals surface area contributed by atoms with Crippen molar-refractivity contribution in [1.29, 1.82) is 0 Å². The third kappa shape index (κ3) is 4.32. The van der Waals surface area contributed by atoms with Gasteiger partial charge < -0.3 is 10.1 Å². The zero-order valence-corrected chi connectivity index (χ0v) is 11.8. The van der Waals surface area contributed by atoms with Crippen molar-refractivity contribution in [1.82, 2.24) is 10.0 Å². The Hall–Kier alpha value is -1.32. The number of alkyl halides is 2. The van der Waals surface area contributed by atoms with E-state index in [-0.39, 0.29) is 17.4 Å². The molecule has 0 bridgehead atoms. The fourth-order valence-corrected chi connectivity index (χ4v) is 3.17. The monoisotopic (exact) mass is 324 g/mol. The lowest BCUT2D eigenvalue weighted by Crippen LogP contribution is -2.30. The van der Waals surface area contributed by atoms with Gasteiger partial charge in [-0.05, 0) is 43.6 Å². The van der Waals surface area contributed by atoms with E-state index in [1.807, 2.05) is 0 Å². The highest BCUT2D eigenvalue weighted by molar-refractivity contribution is 7.89. The second-order valence-corrected chi connectivity index (χ2v) is 6.45. The molecule has 1 atom stereocenters. The zero-order valence-electron chi connectivity index (χ0n) is 11.0. The summed E-state index contributed by atoms with van der Waals surface area (Å²) in [4.78, 5) is -0.326. The number of hydrogen-bond donors (Lipinski definition) is 2. The quantitative estimate of drug-likeness (QED) is 0.828.